The highest BCUT2D eigenvalue weighted by Gasteiger charge is 2.25. The van der Waals surface area contributed by atoms with Gasteiger partial charge in [-0.1, -0.05) is 39.0 Å². The molecule has 0 radical (unpaired) electrons. The molecule has 0 aromatic heterocycles. The summed E-state index contributed by atoms with van der Waals surface area (Å²) in [7, 11) is 1.38. The fourth-order valence-corrected chi connectivity index (χ4v) is 3.04. The number of anilines is 1. The number of aryl methyl sites for hydroxylation is 1. The highest BCUT2D eigenvalue weighted by Crippen LogP contribution is 2.40. The van der Waals surface area contributed by atoms with Crippen LogP contribution in [0.5, 0.6) is 5.75 Å². The van der Waals surface area contributed by atoms with Gasteiger partial charge in [-0.05, 0) is 35.6 Å². The van der Waals surface area contributed by atoms with E-state index in [0.29, 0.717) is 18.5 Å². The minimum Gasteiger partial charge on any atom is -0.505 e. The Bertz CT molecular complexity index is 845. The van der Waals surface area contributed by atoms with Gasteiger partial charge in [0.1, 0.15) is 11.4 Å². The Balaban J connectivity index is 2.06. The van der Waals surface area contributed by atoms with E-state index in [0.717, 1.165) is 22.6 Å². The normalized spacial score (nSPS) is 15.9. The molecule has 6 heteroatoms. The molecule has 27 heavy (non-hydrogen) atoms. The first kappa shape index (κ1) is 18.9. The fraction of sp³-hybridized carbons (Fsp3) is 0.381. The Morgan fingerprint density at radius 3 is 2.37 bits per heavy atom. The molecular weight excluding hydrogens is 342 g/mol. The van der Waals surface area contributed by atoms with Crippen LogP contribution in [0.25, 0.3) is 0 Å². The van der Waals surface area contributed by atoms with E-state index in [2.05, 4.69) is 10.2 Å². The molecule has 0 saturated heterocycles. The van der Waals surface area contributed by atoms with Crippen molar-refractivity contribution in [1.29, 1.82) is 0 Å². The van der Waals surface area contributed by atoms with E-state index < -0.39 is 0 Å². The van der Waals surface area contributed by atoms with Crippen LogP contribution < -0.4 is 5.12 Å². The molecule has 3 rings (SSSR count). The number of benzene rings is 1. The average Bonchev–Trinajstić information content (AvgIpc) is 2.79. The van der Waals surface area contributed by atoms with Gasteiger partial charge in [0, 0.05) is 18.4 Å². The summed E-state index contributed by atoms with van der Waals surface area (Å²) >= 11 is 0. The van der Waals surface area contributed by atoms with E-state index in [1.807, 2.05) is 57.2 Å². The van der Waals surface area contributed by atoms with Gasteiger partial charge >= 0.3 is 5.97 Å². The SMILES string of the molecule is COC(=O)CCc1cc(N2N=C3C=CC=CC(=N2)C3)c(O)c(C(C)(C)C)c1. The van der Waals surface area contributed by atoms with Crippen molar-refractivity contribution in [2.75, 3.05) is 12.2 Å². The molecule has 2 bridgehead atoms. The van der Waals surface area contributed by atoms with Crippen molar-refractivity contribution in [2.24, 2.45) is 10.2 Å². The Morgan fingerprint density at radius 1 is 1.19 bits per heavy atom. The number of hydrogen-bond acceptors (Lipinski definition) is 6. The third-order valence-electron chi connectivity index (χ3n) is 4.52. The second kappa shape index (κ2) is 7.39. The molecule has 1 aliphatic heterocycles. The number of esters is 1. The first-order chi connectivity index (χ1) is 12.8. The Kier molecular flexibility index (Phi) is 5.17. The molecule has 0 saturated carbocycles. The zero-order valence-corrected chi connectivity index (χ0v) is 16.2. The quantitative estimate of drug-likeness (QED) is 0.821. The minimum atomic E-state index is -0.275. The number of hydrogen-bond donors (Lipinski definition) is 1. The maximum absolute atomic E-state index is 11.6. The van der Waals surface area contributed by atoms with Crippen LogP contribution in [-0.2, 0) is 21.4 Å². The van der Waals surface area contributed by atoms with Crippen LogP contribution in [0.4, 0.5) is 5.69 Å². The maximum Gasteiger partial charge on any atom is 0.305 e. The Morgan fingerprint density at radius 2 is 1.81 bits per heavy atom. The number of carbonyl (C=O) groups is 1. The van der Waals surface area contributed by atoms with E-state index >= 15 is 0 Å². The molecule has 0 fully saturated rings. The number of phenolic OH excluding ortho intramolecular Hbond substituents is 1. The molecule has 142 valence electrons. The van der Waals surface area contributed by atoms with Gasteiger partial charge in [-0.25, -0.2) is 0 Å². The standard InChI is InChI=1S/C21H25N3O3/c1-21(2,3)17-11-14(9-10-19(25)27-4)12-18(20(17)26)24-22-15-7-5-6-8-16(13-15)23-24/h5-8,11-12,26H,9-10,13H2,1-4H3. The maximum atomic E-state index is 11.6. The monoisotopic (exact) mass is 367 g/mol. The molecule has 0 spiro atoms. The number of carbonyl (C=O) groups excluding carboxylic acids is 1. The summed E-state index contributed by atoms with van der Waals surface area (Å²) in [4.78, 5) is 11.6. The highest BCUT2D eigenvalue weighted by molar-refractivity contribution is 6.16. The van der Waals surface area contributed by atoms with Gasteiger partial charge in [-0.3, -0.25) is 4.79 Å². The van der Waals surface area contributed by atoms with Crippen LogP contribution in [0.2, 0.25) is 0 Å². The van der Waals surface area contributed by atoms with Crippen LogP contribution in [0, 0.1) is 0 Å². The molecule has 1 aliphatic carbocycles. The van der Waals surface area contributed by atoms with Gasteiger partial charge in [0.25, 0.3) is 0 Å². The van der Waals surface area contributed by atoms with E-state index in [1.165, 1.54) is 12.2 Å². The third kappa shape index (κ3) is 4.27. The summed E-state index contributed by atoms with van der Waals surface area (Å²) in [5.41, 5.74) is 3.71. The summed E-state index contributed by atoms with van der Waals surface area (Å²) < 4.78 is 4.75. The van der Waals surface area contributed by atoms with Crippen LogP contribution in [0.3, 0.4) is 0 Å². The number of ether oxygens (including phenoxy) is 1. The zero-order valence-electron chi connectivity index (χ0n) is 16.2. The number of aromatic hydroxyl groups is 1. The van der Waals surface area contributed by atoms with Crippen LogP contribution in [0.1, 0.15) is 44.7 Å². The van der Waals surface area contributed by atoms with Crippen LogP contribution >= 0.6 is 0 Å². The third-order valence-corrected chi connectivity index (χ3v) is 4.52. The largest absolute Gasteiger partial charge is 0.505 e. The van der Waals surface area contributed by atoms with Gasteiger partial charge in [0.05, 0.1) is 18.5 Å². The van der Waals surface area contributed by atoms with Crippen LogP contribution in [0.15, 0.2) is 46.6 Å². The molecular formula is C21H25N3O3. The topological polar surface area (TPSA) is 74.5 Å². The molecule has 1 heterocycles. The molecule has 0 amide bonds. The first-order valence-electron chi connectivity index (χ1n) is 9.01. The molecule has 6 nitrogen and oxygen atoms in total. The van der Waals surface area contributed by atoms with E-state index in [9.17, 15) is 9.90 Å². The smallest absolute Gasteiger partial charge is 0.305 e. The number of phenols is 1. The summed E-state index contributed by atoms with van der Waals surface area (Å²) in [6.45, 7) is 6.11. The molecule has 2 aliphatic rings. The first-order valence-corrected chi connectivity index (χ1v) is 9.01. The Labute approximate surface area is 159 Å². The molecule has 0 atom stereocenters. The van der Waals surface area contributed by atoms with Gasteiger partial charge in [0.2, 0.25) is 0 Å². The summed E-state index contributed by atoms with van der Waals surface area (Å²) in [6, 6.07) is 3.78. The lowest BCUT2D eigenvalue weighted by atomic mass is 9.84. The minimum absolute atomic E-state index is 0.157. The summed E-state index contributed by atoms with van der Waals surface area (Å²) in [5, 5.41) is 21.5. The van der Waals surface area contributed by atoms with Crippen molar-refractivity contribution >= 4 is 23.1 Å². The van der Waals surface area contributed by atoms with Crippen molar-refractivity contribution in [3.63, 3.8) is 0 Å². The number of rotatable bonds is 4. The average molecular weight is 367 g/mol. The fourth-order valence-electron chi connectivity index (χ4n) is 3.04. The molecule has 0 unspecified atom stereocenters. The van der Waals surface area contributed by atoms with Crippen molar-refractivity contribution in [3.05, 3.63) is 47.6 Å². The lowest BCUT2D eigenvalue weighted by Crippen LogP contribution is -2.22. The predicted molar refractivity (Wildman–Crippen MR) is 107 cm³/mol. The number of allylic oxidation sites excluding steroid dienone is 4. The van der Waals surface area contributed by atoms with Gasteiger partial charge in [0.15, 0.2) is 0 Å². The van der Waals surface area contributed by atoms with Crippen molar-refractivity contribution in [1.82, 2.24) is 0 Å². The van der Waals surface area contributed by atoms with Crippen LogP contribution in [-0.4, -0.2) is 29.6 Å². The number of hydrazone groups is 2. The van der Waals surface area contributed by atoms with E-state index in [1.54, 1.807) is 0 Å². The van der Waals surface area contributed by atoms with Crippen molar-refractivity contribution in [3.8, 4) is 5.75 Å². The Hall–Kier alpha value is -2.89. The van der Waals surface area contributed by atoms with Gasteiger partial charge in [-0.2, -0.15) is 10.2 Å². The lowest BCUT2D eigenvalue weighted by molar-refractivity contribution is -0.140. The predicted octanol–water partition coefficient (Wildman–Crippen LogP) is 3.84. The van der Waals surface area contributed by atoms with Crippen molar-refractivity contribution in [2.45, 2.75) is 45.4 Å². The molecule has 1 N–H and O–H groups in total. The summed E-state index contributed by atoms with van der Waals surface area (Å²) in [5.74, 6) is -0.105. The lowest BCUT2D eigenvalue weighted by Gasteiger charge is -2.26. The number of nitrogens with zero attached hydrogens (tertiary/aromatic N) is 3. The number of fused-ring (bicyclic) bond motifs is 2. The molecule has 1 aromatic rings. The van der Waals surface area contributed by atoms with Gasteiger partial charge in [-0.15, -0.1) is 5.12 Å². The van der Waals surface area contributed by atoms with Crippen molar-refractivity contribution < 1.29 is 14.6 Å². The second-order valence-electron chi connectivity index (χ2n) is 7.70. The second-order valence-corrected chi connectivity index (χ2v) is 7.70. The van der Waals surface area contributed by atoms with E-state index in [4.69, 9.17) is 4.74 Å². The highest BCUT2D eigenvalue weighted by atomic mass is 16.5. The number of methoxy groups -OCH3 is 1. The zero-order chi connectivity index (χ0) is 19.6. The molecule has 1 aromatic carbocycles. The van der Waals surface area contributed by atoms with E-state index in [-0.39, 0.29) is 23.6 Å². The summed E-state index contributed by atoms with van der Waals surface area (Å²) in [6.07, 6.45) is 9.19. The van der Waals surface area contributed by atoms with Gasteiger partial charge < -0.3 is 9.84 Å².